The van der Waals surface area contributed by atoms with Crippen molar-refractivity contribution in [2.24, 2.45) is 0 Å². The average Bonchev–Trinajstić information content (AvgIpc) is 3.97. The van der Waals surface area contributed by atoms with E-state index < -0.39 is 5.41 Å². The molecule has 0 atom stereocenters. The zero-order chi connectivity index (χ0) is 36.3. The molecule has 8 aromatic carbocycles. The Hall–Kier alpha value is -7.30. The lowest BCUT2D eigenvalue weighted by Gasteiger charge is -2.34. The van der Waals surface area contributed by atoms with Crippen LogP contribution in [0.5, 0.6) is 0 Å². The van der Waals surface area contributed by atoms with Gasteiger partial charge in [-0.25, -0.2) is 9.97 Å². The number of imidazole rings is 1. The molecule has 2 aromatic heterocycles. The van der Waals surface area contributed by atoms with E-state index in [4.69, 9.17) is 14.4 Å². The molecule has 0 radical (unpaired) electrons. The van der Waals surface area contributed by atoms with E-state index in [-0.39, 0.29) is 0 Å². The minimum absolute atomic E-state index is 0.461. The van der Waals surface area contributed by atoms with E-state index in [1.165, 1.54) is 33.4 Å². The van der Waals surface area contributed by atoms with Gasteiger partial charge in [0, 0.05) is 11.1 Å². The van der Waals surface area contributed by atoms with Crippen LogP contribution in [0, 0.1) is 0 Å². The van der Waals surface area contributed by atoms with Gasteiger partial charge in [0.1, 0.15) is 11.3 Å². The maximum absolute atomic E-state index is 6.31. The van der Waals surface area contributed by atoms with Crippen LogP contribution in [0.1, 0.15) is 22.3 Å². The van der Waals surface area contributed by atoms with Crippen molar-refractivity contribution in [3.05, 3.63) is 216 Å². The Morgan fingerprint density at radius 1 is 0.400 bits per heavy atom. The summed E-state index contributed by atoms with van der Waals surface area (Å²) < 4.78 is 6.31. The summed E-state index contributed by atoms with van der Waals surface area (Å²) in [5.41, 5.74) is 17.0. The number of rotatable bonds is 6. The number of nitrogens with zero attached hydrogens (tertiary/aromatic N) is 2. The summed E-state index contributed by atoms with van der Waals surface area (Å²) in [6, 6.07) is 69.2. The number of hydrogen-bond donors (Lipinski definition) is 1. The third kappa shape index (κ3) is 4.99. The normalized spacial score (nSPS) is 12.9. The number of aromatic nitrogens is 3. The standard InChI is InChI=1S/C51H33N3O/c1-3-16-39(17-4-1)51(40-18-5-2-6-19-40)43-21-8-7-20-41(43)42-27-26-35(32-44(42)51)33-14-13-15-34(28-33)36-29-37(49-52-45-22-9-10-23-46(45)53-49)31-38(30-36)50-54-47-24-11-12-25-48(47)55-50/h1-32H,(H,52,53). The second-order valence-corrected chi connectivity index (χ2v) is 14.3. The fraction of sp³-hybridized carbons (Fsp3) is 0.0196. The molecule has 11 rings (SSSR count). The van der Waals surface area contributed by atoms with Gasteiger partial charge < -0.3 is 9.40 Å². The molecule has 4 nitrogen and oxygen atoms in total. The molecule has 0 spiro atoms. The predicted molar refractivity (Wildman–Crippen MR) is 223 cm³/mol. The maximum Gasteiger partial charge on any atom is 0.227 e. The highest BCUT2D eigenvalue weighted by Crippen LogP contribution is 2.56. The quantitative estimate of drug-likeness (QED) is 0.188. The summed E-state index contributed by atoms with van der Waals surface area (Å²) in [7, 11) is 0. The number of H-pyrrole nitrogens is 1. The number of oxazole rings is 1. The second kappa shape index (κ2) is 12.4. The average molecular weight is 704 g/mol. The van der Waals surface area contributed by atoms with Gasteiger partial charge in [0.15, 0.2) is 5.58 Å². The molecule has 0 saturated heterocycles. The molecule has 4 heteroatoms. The van der Waals surface area contributed by atoms with E-state index in [0.29, 0.717) is 5.89 Å². The van der Waals surface area contributed by atoms with Gasteiger partial charge >= 0.3 is 0 Å². The lowest BCUT2D eigenvalue weighted by Crippen LogP contribution is -2.28. The van der Waals surface area contributed by atoms with Crippen molar-refractivity contribution in [1.82, 2.24) is 15.0 Å². The molecule has 1 aliphatic rings. The van der Waals surface area contributed by atoms with Crippen molar-refractivity contribution in [2.45, 2.75) is 5.41 Å². The van der Waals surface area contributed by atoms with Gasteiger partial charge in [-0.1, -0.05) is 140 Å². The molecule has 0 bridgehead atoms. The van der Waals surface area contributed by atoms with E-state index in [0.717, 1.165) is 61.3 Å². The SMILES string of the molecule is c1ccc(C2(c3ccccc3)c3ccccc3-c3ccc(-c4cccc(-c5cc(-c6nc7ccccc7[nH]6)cc(-c6nc7ccccc7o6)c5)c4)cc32)cc1. The molecular weight excluding hydrogens is 671 g/mol. The third-order valence-electron chi connectivity index (χ3n) is 11.1. The van der Waals surface area contributed by atoms with Gasteiger partial charge in [-0.05, 0) is 110 Å². The Balaban J connectivity index is 1.08. The lowest BCUT2D eigenvalue weighted by atomic mass is 9.67. The van der Waals surface area contributed by atoms with Crippen LogP contribution in [-0.4, -0.2) is 15.0 Å². The van der Waals surface area contributed by atoms with E-state index >= 15 is 0 Å². The molecule has 258 valence electrons. The van der Waals surface area contributed by atoms with Gasteiger partial charge in [0.2, 0.25) is 5.89 Å². The molecule has 1 N–H and O–H groups in total. The summed E-state index contributed by atoms with van der Waals surface area (Å²) in [6.07, 6.45) is 0. The largest absolute Gasteiger partial charge is 0.436 e. The van der Waals surface area contributed by atoms with Crippen LogP contribution < -0.4 is 0 Å². The first kappa shape index (κ1) is 31.2. The van der Waals surface area contributed by atoms with E-state index in [9.17, 15) is 0 Å². The van der Waals surface area contributed by atoms with Crippen molar-refractivity contribution in [2.75, 3.05) is 0 Å². The maximum atomic E-state index is 6.31. The Labute approximate surface area is 318 Å². The van der Waals surface area contributed by atoms with Crippen LogP contribution in [0.4, 0.5) is 0 Å². The van der Waals surface area contributed by atoms with Gasteiger partial charge in [0.25, 0.3) is 0 Å². The zero-order valence-corrected chi connectivity index (χ0v) is 29.8. The molecule has 0 saturated carbocycles. The number of benzene rings is 8. The molecule has 1 aliphatic carbocycles. The van der Waals surface area contributed by atoms with Crippen LogP contribution in [-0.2, 0) is 5.41 Å². The first-order valence-electron chi connectivity index (χ1n) is 18.6. The minimum atomic E-state index is -0.461. The summed E-state index contributed by atoms with van der Waals surface area (Å²) in [4.78, 5) is 13.4. The summed E-state index contributed by atoms with van der Waals surface area (Å²) in [6.45, 7) is 0. The van der Waals surface area contributed by atoms with Crippen LogP contribution in [0.15, 0.2) is 199 Å². The molecule has 0 amide bonds. The van der Waals surface area contributed by atoms with Crippen LogP contribution in [0.25, 0.3) is 78.4 Å². The smallest absolute Gasteiger partial charge is 0.227 e. The van der Waals surface area contributed by atoms with Crippen molar-refractivity contribution < 1.29 is 4.42 Å². The highest BCUT2D eigenvalue weighted by atomic mass is 16.3. The predicted octanol–water partition coefficient (Wildman–Crippen LogP) is 12.7. The fourth-order valence-corrected chi connectivity index (χ4v) is 8.64. The van der Waals surface area contributed by atoms with E-state index in [1.54, 1.807) is 0 Å². The number of aromatic amines is 1. The topological polar surface area (TPSA) is 54.7 Å². The molecular formula is C51H33N3O. The fourth-order valence-electron chi connectivity index (χ4n) is 8.64. The van der Waals surface area contributed by atoms with Crippen LogP contribution in [0.2, 0.25) is 0 Å². The molecule has 0 aliphatic heterocycles. The van der Waals surface area contributed by atoms with Crippen LogP contribution >= 0.6 is 0 Å². The number of hydrogen-bond acceptors (Lipinski definition) is 3. The highest BCUT2D eigenvalue weighted by molar-refractivity contribution is 5.90. The Kier molecular flexibility index (Phi) is 7.04. The molecule has 0 unspecified atom stereocenters. The van der Waals surface area contributed by atoms with Gasteiger partial charge in [-0.2, -0.15) is 0 Å². The zero-order valence-electron chi connectivity index (χ0n) is 29.8. The Morgan fingerprint density at radius 3 is 1.78 bits per heavy atom. The van der Waals surface area contributed by atoms with Crippen molar-refractivity contribution >= 4 is 22.1 Å². The van der Waals surface area contributed by atoms with Crippen molar-refractivity contribution in [1.29, 1.82) is 0 Å². The molecule has 10 aromatic rings. The number of para-hydroxylation sites is 4. The van der Waals surface area contributed by atoms with Crippen molar-refractivity contribution in [3.8, 4) is 56.2 Å². The van der Waals surface area contributed by atoms with Crippen LogP contribution in [0.3, 0.4) is 0 Å². The monoisotopic (exact) mass is 703 g/mol. The van der Waals surface area contributed by atoms with Gasteiger partial charge in [-0.15, -0.1) is 0 Å². The third-order valence-corrected chi connectivity index (χ3v) is 11.1. The Morgan fingerprint density at radius 2 is 1.00 bits per heavy atom. The molecule has 0 fully saturated rings. The van der Waals surface area contributed by atoms with Crippen molar-refractivity contribution in [3.63, 3.8) is 0 Å². The lowest BCUT2D eigenvalue weighted by molar-refractivity contribution is 0.620. The second-order valence-electron chi connectivity index (χ2n) is 14.3. The number of fused-ring (bicyclic) bond motifs is 5. The van der Waals surface area contributed by atoms with Gasteiger partial charge in [-0.3, -0.25) is 0 Å². The summed E-state index contributed by atoms with van der Waals surface area (Å²) in [5, 5.41) is 0. The minimum Gasteiger partial charge on any atom is -0.436 e. The molecule has 55 heavy (non-hydrogen) atoms. The summed E-state index contributed by atoms with van der Waals surface area (Å²) in [5.74, 6) is 1.38. The summed E-state index contributed by atoms with van der Waals surface area (Å²) >= 11 is 0. The van der Waals surface area contributed by atoms with E-state index in [2.05, 4.69) is 157 Å². The first-order valence-corrected chi connectivity index (χ1v) is 18.6. The van der Waals surface area contributed by atoms with Gasteiger partial charge in [0.05, 0.1) is 16.4 Å². The highest BCUT2D eigenvalue weighted by Gasteiger charge is 2.46. The first-order chi connectivity index (χ1) is 27.2. The van der Waals surface area contributed by atoms with E-state index in [1.807, 2.05) is 42.5 Å². The molecule has 2 heterocycles. The number of nitrogens with one attached hydrogen (secondary N) is 1. The Bertz CT molecular complexity index is 2850.